The number of amides is 1. The highest BCUT2D eigenvalue weighted by Gasteiger charge is 2.30. The average Bonchev–Trinajstić information content (AvgIpc) is 3.05. The van der Waals surface area contributed by atoms with Crippen molar-refractivity contribution in [3.8, 4) is 11.5 Å². The monoisotopic (exact) mass is 564 g/mol. The fourth-order valence-electron chi connectivity index (χ4n) is 2.81. The molecule has 0 N–H and O–H groups in total. The number of likely N-dealkylation sites (N-methyl/N-ethyl adjacent to an activating group) is 1. The third-order valence-electron chi connectivity index (χ3n) is 4.41. The standard InChI is InChI=1S/C23H21IN2O5S/c1-5-10-31-20-17(24)11-14(12-18(20)29-3)13-19-21(27)26(2)23(32-19)25-16-8-6-15(7-9-16)22(28)30-4/h5-9,11-13H,1,10H2,2-4H3. The summed E-state index contributed by atoms with van der Waals surface area (Å²) in [6.07, 6.45) is 3.47. The Morgan fingerprint density at radius 3 is 2.59 bits per heavy atom. The summed E-state index contributed by atoms with van der Waals surface area (Å²) in [6, 6.07) is 10.4. The molecule has 9 heteroatoms. The Kier molecular flexibility index (Phi) is 7.97. The molecule has 0 unspecified atom stereocenters. The number of hydrogen-bond donors (Lipinski definition) is 0. The number of halogens is 1. The molecule has 1 aliphatic heterocycles. The van der Waals surface area contributed by atoms with Crippen LogP contribution in [-0.2, 0) is 9.53 Å². The first kappa shape index (κ1) is 23.9. The molecule has 3 rings (SSSR count). The lowest BCUT2D eigenvalue weighted by molar-refractivity contribution is -0.121. The number of thioether (sulfide) groups is 1. The summed E-state index contributed by atoms with van der Waals surface area (Å²) in [5.41, 5.74) is 1.87. The van der Waals surface area contributed by atoms with Crippen LogP contribution in [0.2, 0.25) is 0 Å². The van der Waals surface area contributed by atoms with E-state index in [1.54, 1.807) is 50.6 Å². The van der Waals surface area contributed by atoms with E-state index in [1.165, 1.54) is 23.8 Å². The van der Waals surface area contributed by atoms with Crippen molar-refractivity contribution < 1.29 is 23.8 Å². The second-order valence-corrected chi connectivity index (χ2v) is 8.71. The van der Waals surface area contributed by atoms with E-state index in [4.69, 9.17) is 14.2 Å². The fourth-order valence-corrected chi connectivity index (χ4v) is 4.58. The third-order valence-corrected chi connectivity index (χ3v) is 6.27. The highest BCUT2D eigenvalue weighted by Crippen LogP contribution is 2.37. The Bertz CT molecular complexity index is 1110. The van der Waals surface area contributed by atoms with Gasteiger partial charge in [-0.15, -0.1) is 0 Å². The third kappa shape index (κ3) is 5.33. The number of benzene rings is 2. The molecule has 0 bridgehead atoms. The molecule has 1 heterocycles. The van der Waals surface area contributed by atoms with Gasteiger partial charge in [-0.2, -0.15) is 0 Å². The maximum absolute atomic E-state index is 12.8. The molecule has 1 fully saturated rings. The smallest absolute Gasteiger partial charge is 0.337 e. The topological polar surface area (TPSA) is 77.4 Å². The van der Waals surface area contributed by atoms with E-state index in [0.717, 1.165) is 9.13 Å². The lowest BCUT2D eigenvalue weighted by atomic mass is 10.2. The molecule has 166 valence electrons. The molecule has 0 saturated carbocycles. The molecule has 7 nitrogen and oxygen atoms in total. The van der Waals surface area contributed by atoms with Gasteiger partial charge in [-0.25, -0.2) is 9.79 Å². The number of ether oxygens (including phenoxy) is 3. The first-order valence-electron chi connectivity index (χ1n) is 9.43. The quantitative estimate of drug-likeness (QED) is 0.207. The minimum atomic E-state index is -0.414. The lowest BCUT2D eigenvalue weighted by Crippen LogP contribution is -2.23. The summed E-state index contributed by atoms with van der Waals surface area (Å²) in [5, 5.41) is 0.541. The minimum Gasteiger partial charge on any atom is -0.493 e. The van der Waals surface area contributed by atoms with Gasteiger partial charge in [0.25, 0.3) is 5.91 Å². The van der Waals surface area contributed by atoms with Crippen LogP contribution in [0.1, 0.15) is 15.9 Å². The summed E-state index contributed by atoms with van der Waals surface area (Å²) in [7, 11) is 4.58. The van der Waals surface area contributed by atoms with Crippen molar-refractivity contribution >= 4 is 63.2 Å². The van der Waals surface area contributed by atoms with E-state index < -0.39 is 5.97 Å². The highest BCUT2D eigenvalue weighted by atomic mass is 127. The van der Waals surface area contributed by atoms with E-state index in [-0.39, 0.29) is 5.91 Å². The second-order valence-electron chi connectivity index (χ2n) is 6.54. The van der Waals surface area contributed by atoms with E-state index >= 15 is 0 Å². The summed E-state index contributed by atoms with van der Waals surface area (Å²) in [5.74, 6) is 0.646. The minimum absolute atomic E-state index is 0.152. The van der Waals surface area contributed by atoms with Crippen molar-refractivity contribution in [3.05, 3.63) is 68.7 Å². The van der Waals surface area contributed by atoms with E-state index in [9.17, 15) is 9.59 Å². The van der Waals surface area contributed by atoms with Crippen LogP contribution in [0.4, 0.5) is 5.69 Å². The Labute approximate surface area is 204 Å². The number of aliphatic imine (C=N–C) groups is 1. The van der Waals surface area contributed by atoms with Crippen molar-refractivity contribution in [2.24, 2.45) is 4.99 Å². The van der Waals surface area contributed by atoms with Crippen molar-refractivity contribution in [1.29, 1.82) is 0 Å². The number of hydrogen-bond acceptors (Lipinski definition) is 7. The van der Waals surface area contributed by atoms with Crippen LogP contribution in [0.15, 0.2) is 59.0 Å². The Balaban J connectivity index is 1.86. The van der Waals surface area contributed by atoms with Crippen LogP contribution >= 0.6 is 34.4 Å². The van der Waals surface area contributed by atoms with Gasteiger partial charge in [0.1, 0.15) is 6.61 Å². The van der Waals surface area contributed by atoms with Crippen molar-refractivity contribution in [3.63, 3.8) is 0 Å². The van der Waals surface area contributed by atoms with E-state index in [1.807, 2.05) is 12.1 Å². The van der Waals surface area contributed by atoms with Crippen LogP contribution < -0.4 is 9.47 Å². The van der Waals surface area contributed by atoms with Crippen LogP contribution in [0, 0.1) is 3.57 Å². The molecule has 0 aliphatic carbocycles. The fraction of sp³-hybridized carbons (Fsp3) is 0.174. The van der Waals surface area contributed by atoms with Crippen LogP contribution in [-0.4, -0.2) is 49.8 Å². The van der Waals surface area contributed by atoms with Gasteiger partial charge in [0.15, 0.2) is 16.7 Å². The van der Waals surface area contributed by atoms with Gasteiger partial charge < -0.3 is 14.2 Å². The molecule has 0 radical (unpaired) electrons. The van der Waals surface area contributed by atoms with Gasteiger partial charge in [0, 0.05) is 7.05 Å². The van der Waals surface area contributed by atoms with Gasteiger partial charge in [-0.05, 0) is 82.4 Å². The van der Waals surface area contributed by atoms with Crippen molar-refractivity contribution in [2.45, 2.75) is 0 Å². The Morgan fingerprint density at radius 1 is 1.25 bits per heavy atom. The van der Waals surface area contributed by atoms with Gasteiger partial charge in [0.2, 0.25) is 0 Å². The largest absolute Gasteiger partial charge is 0.493 e. The van der Waals surface area contributed by atoms with Gasteiger partial charge in [-0.1, -0.05) is 12.7 Å². The second kappa shape index (κ2) is 10.7. The predicted octanol–water partition coefficient (Wildman–Crippen LogP) is 4.89. The number of rotatable bonds is 7. The molecule has 2 aromatic carbocycles. The number of methoxy groups -OCH3 is 2. The number of nitrogens with zero attached hydrogens (tertiary/aromatic N) is 2. The van der Waals surface area contributed by atoms with Crippen molar-refractivity contribution in [1.82, 2.24) is 4.90 Å². The summed E-state index contributed by atoms with van der Waals surface area (Å²) in [6.45, 7) is 4.03. The average molecular weight is 564 g/mol. The number of amidine groups is 1. The first-order chi connectivity index (χ1) is 15.4. The van der Waals surface area contributed by atoms with Gasteiger partial charge in [-0.3, -0.25) is 9.69 Å². The molecule has 1 saturated heterocycles. The first-order valence-corrected chi connectivity index (χ1v) is 11.3. The van der Waals surface area contributed by atoms with Gasteiger partial charge in [0.05, 0.1) is 33.9 Å². The highest BCUT2D eigenvalue weighted by molar-refractivity contribution is 14.1. The molecule has 32 heavy (non-hydrogen) atoms. The maximum Gasteiger partial charge on any atom is 0.337 e. The van der Waals surface area contributed by atoms with E-state index in [0.29, 0.717) is 39.4 Å². The molecular formula is C23H21IN2O5S. The SMILES string of the molecule is C=CCOc1c(I)cc(C=C2SC(=Nc3ccc(C(=O)OC)cc3)N(C)C2=O)cc1OC. The molecule has 0 aromatic heterocycles. The molecular weight excluding hydrogens is 543 g/mol. The molecule has 1 amide bonds. The normalized spacial score (nSPS) is 15.9. The van der Waals surface area contributed by atoms with Crippen molar-refractivity contribution in [2.75, 3.05) is 27.9 Å². The lowest BCUT2D eigenvalue weighted by Gasteiger charge is -2.12. The zero-order valence-electron chi connectivity index (χ0n) is 17.8. The summed E-state index contributed by atoms with van der Waals surface area (Å²) >= 11 is 3.45. The Morgan fingerprint density at radius 2 is 1.97 bits per heavy atom. The molecule has 0 atom stereocenters. The van der Waals surface area contributed by atoms with E-state index in [2.05, 4.69) is 34.2 Å². The van der Waals surface area contributed by atoms with Gasteiger partial charge >= 0.3 is 5.97 Å². The van der Waals surface area contributed by atoms with Crippen LogP contribution in [0.3, 0.4) is 0 Å². The molecule has 0 spiro atoms. The number of esters is 1. The molecule has 1 aliphatic rings. The zero-order valence-corrected chi connectivity index (χ0v) is 20.7. The molecule has 2 aromatic rings. The zero-order chi connectivity index (χ0) is 23.3. The Hall–Kier alpha value is -2.79. The predicted molar refractivity (Wildman–Crippen MR) is 135 cm³/mol. The number of carbonyl (C=O) groups excluding carboxylic acids is 2. The van der Waals surface area contributed by atoms with Crippen LogP contribution in [0.5, 0.6) is 11.5 Å². The number of carbonyl (C=O) groups is 2. The van der Waals surface area contributed by atoms with Crippen LogP contribution in [0.25, 0.3) is 6.08 Å². The summed E-state index contributed by atoms with van der Waals surface area (Å²) in [4.78, 5) is 30.9. The maximum atomic E-state index is 12.8. The summed E-state index contributed by atoms with van der Waals surface area (Å²) < 4.78 is 16.7.